The molecule has 3 nitrogen and oxygen atoms in total. The lowest BCUT2D eigenvalue weighted by Gasteiger charge is -2.07. The topological polar surface area (TPSA) is 55.1 Å². The van der Waals surface area contributed by atoms with Crippen LogP contribution in [0, 0.1) is 0 Å². The predicted octanol–water partition coefficient (Wildman–Crippen LogP) is 6.35. The Morgan fingerprint density at radius 1 is 0.920 bits per heavy atom. The van der Waals surface area contributed by atoms with E-state index in [0.29, 0.717) is 16.3 Å². The minimum absolute atomic E-state index is 0.0774. The smallest absolute Gasteiger partial charge is 0.251 e. The maximum atomic E-state index is 12.0. The molecule has 0 aliphatic heterocycles. The van der Waals surface area contributed by atoms with Crippen LogP contribution in [0.3, 0.4) is 0 Å². The fourth-order valence-corrected chi connectivity index (χ4v) is 3.07. The van der Waals surface area contributed by atoms with Gasteiger partial charge >= 0.3 is 0 Å². The van der Waals surface area contributed by atoms with Gasteiger partial charge in [0.15, 0.2) is 0 Å². The van der Waals surface area contributed by atoms with Crippen molar-refractivity contribution in [3.63, 3.8) is 0 Å². The number of halogens is 1. The third-order valence-corrected chi connectivity index (χ3v) is 4.92. The van der Waals surface area contributed by atoms with E-state index in [2.05, 4.69) is 12.2 Å². The second-order valence-electron chi connectivity index (χ2n) is 6.88. The highest BCUT2D eigenvalue weighted by atomic mass is 35.5. The van der Waals surface area contributed by atoms with E-state index in [-0.39, 0.29) is 5.91 Å². The van der Waals surface area contributed by atoms with Crippen LogP contribution in [0.4, 0.5) is 5.69 Å². The Morgan fingerprint density at radius 3 is 1.96 bits per heavy atom. The van der Waals surface area contributed by atoms with Gasteiger partial charge in [0.25, 0.3) is 5.91 Å². The molecule has 0 spiro atoms. The third kappa shape index (κ3) is 10.4. The maximum absolute atomic E-state index is 12.0. The molecule has 1 amide bonds. The lowest BCUT2D eigenvalue weighted by molar-refractivity contribution is 0.0953. The molecule has 0 fully saturated rings. The fraction of sp³-hybridized carbons (Fsp3) is 0.667. The zero-order chi connectivity index (χ0) is 18.3. The number of benzene rings is 1. The first-order chi connectivity index (χ1) is 12.1. The van der Waals surface area contributed by atoms with Crippen molar-refractivity contribution in [1.82, 2.24) is 5.32 Å². The van der Waals surface area contributed by atoms with Crippen molar-refractivity contribution in [2.75, 3.05) is 12.3 Å². The van der Waals surface area contributed by atoms with Gasteiger partial charge in [0.2, 0.25) is 0 Å². The van der Waals surface area contributed by atoms with E-state index in [0.717, 1.165) is 13.0 Å². The van der Waals surface area contributed by atoms with Crippen molar-refractivity contribution in [2.24, 2.45) is 0 Å². The molecule has 1 rings (SSSR count). The van der Waals surface area contributed by atoms with Crippen molar-refractivity contribution >= 4 is 23.2 Å². The van der Waals surface area contributed by atoms with Gasteiger partial charge in [-0.3, -0.25) is 4.79 Å². The van der Waals surface area contributed by atoms with Gasteiger partial charge in [0.05, 0.1) is 10.7 Å². The Labute approximate surface area is 158 Å². The Hall–Kier alpha value is -1.22. The molecule has 3 N–H and O–H groups in total. The molecule has 142 valence electrons. The molecule has 1 aromatic rings. The number of carbonyl (C=O) groups excluding carboxylic acids is 1. The van der Waals surface area contributed by atoms with Crippen LogP contribution in [-0.4, -0.2) is 12.5 Å². The fourth-order valence-electron chi connectivity index (χ4n) is 2.95. The number of unbranched alkanes of at least 4 members (excludes halogenated alkanes) is 11. The van der Waals surface area contributed by atoms with Gasteiger partial charge in [-0.15, -0.1) is 0 Å². The highest BCUT2D eigenvalue weighted by Crippen LogP contribution is 2.19. The first kappa shape index (κ1) is 21.8. The molecule has 0 saturated heterocycles. The molecule has 0 aliphatic rings. The molecule has 0 unspecified atom stereocenters. The van der Waals surface area contributed by atoms with Crippen molar-refractivity contribution < 1.29 is 4.79 Å². The van der Waals surface area contributed by atoms with E-state index >= 15 is 0 Å². The maximum Gasteiger partial charge on any atom is 0.251 e. The molecule has 0 bridgehead atoms. The summed E-state index contributed by atoms with van der Waals surface area (Å²) in [7, 11) is 0. The number of nitrogens with one attached hydrogen (secondary N) is 1. The number of amides is 1. The van der Waals surface area contributed by atoms with Crippen LogP contribution in [0.15, 0.2) is 18.2 Å². The zero-order valence-corrected chi connectivity index (χ0v) is 16.5. The van der Waals surface area contributed by atoms with Gasteiger partial charge in [0, 0.05) is 12.1 Å². The average molecular weight is 367 g/mol. The highest BCUT2D eigenvalue weighted by Gasteiger charge is 2.06. The number of nitrogen functional groups attached to an aromatic ring is 1. The monoisotopic (exact) mass is 366 g/mol. The van der Waals surface area contributed by atoms with Crippen molar-refractivity contribution in [2.45, 2.75) is 84.0 Å². The number of hydrogen-bond donors (Lipinski definition) is 2. The highest BCUT2D eigenvalue weighted by molar-refractivity contribution is 6.33. The van der Waals surface area contributed by atoms with Crippen molar-refractivity contribution in [1.29, 1.82) is 0 Å². The Bertz CT molecular complexity index is 491. The number of hydrogen-bond acceptors (Lipinski definition) is 2. The summed E-state index contributed by atoms with van der Waals surface area (Å²) in [5.41, 5.74) is 6.74. The molecule has 25 heavy (non-hydrogen) atoms. The lowest BCUT2D eigenvalue weighted by atomic mass is 10.1. The average Bonchev–Trinajstić information content (AvgIpc) is 2.61. The second kappa shape index (κ2) is 14.0. The molecule has 0 aromatic heterocycles. The minimum Gasteiger partial charge on any atom is -0.398 e. The summed E-state index contributed by atoms with van der Waals surface area (Å²) in [6, 6.07) is 4.99. The molecule has 0 aliphatic carbocycles. The lowest BCUT2D eigenvalue weighted by Crippen LogP contribution is -2.24. The van der Waals surface area contributed by atoms with Crippen LogP contribution < -0.4 is 11.1 Å². The number of nitrogens with two attached hydrogens (primary N) is 1. The number of rotatable bonds is 14. The van der Waals surface area contributed by atoms with Gasteiger partial charge in [-0.05, 0) is 24.6 Å². The van der Waals surface area contributed by atoms with Crippen LogP contribution in [0.25, 0.3) is 0 Å². The first-order valence-corrected chi connectivity index (χ1v) is 10.4. The summed E-state index contributed by atoms with van der Waals surface area (Å²) in [5, 5.41) is 3.43. The summed E-state index contributed by atoms with van der Waals surface area (Å²) in [6.45, 7) is 2.98. The van der Waals surface area contributed by atoms with Crippen LogP contribution in [0.1, 0.15) is 94.3 Å². The molecule has 1 aromatic carbocycles. The molecule has 0 atom stereocenters. The number of carbonyl (C=O) groups is 1. The van der Waals surface area contributed by atoms with Gasteiger partial charge in [-0.2, -0.15) is 0 Å². The van der Waals surface area contributed by atoms with Gasteiger partial charge in [0.1, 0.15) is 0 Å². The third-order valence-electron chi connectivity index (χ3n) is 4.57. The van der Waals surface area contributed by atoms with Crippen LogP contribution in [0.5, 0.6) is 0 Å². The molecular weight excluding hydrogens is 332 g/mol. The van der Waals surface area contributed by atoms with Gasteiger partial charge < -0.3 is 11.1 Å². The summed E-state index contributed by atoms with van der Waals surface area (Å²) >= 11 is 5.86. The largest absolute Gasteiger partial charge is 0.398 e. The molecular formula is C21H35ClN2O. The SMILES string of the molecule is CCCCCCCCCCCCCCNC(=O)c1ccc(Cl)c(N)c1. The van der Waals surface area contributed by atoms with Crippen molar-refractivity contribution in [3.05, 3.63) is 28.8 Å². The summed E-state index contributed by atoms with van der Waals surface area (Å²) in [5.74, 6) is -0.0774. The quantitative estimate of drug-likeness (QED) is 0.297. The predicted molar refractivity (Wildman–Crippen MR) is 109 cm³/mol. The van der Waals surface area contributed by atoms with E-state index in [1.165, 1.54) is 70.6 Å². The van der Waals surface area contributed by atoms with E-state index < -0.39 is 0 Å². The molecule has 4 heteroatoms. The van der Waals surface area contributed by atoms with Crippen molar-refractivity contribution in [3.8, 4) is 0 Å². The molecule has 0 radical (unpaired) electrons. The van der Waals surface area contributed by atoms with E-state index in [9.17, 15) is 4.79 Å². The second-order valence-corrected chi connectivity index (χ2v) is 7.29. The Kier molecular flexibility index (Phi) is 12.2. The molecule has 0 heterocycles. The standard InChI is InChI=1S/C21H35ClN2O/c1-2-3-4-5-6-7-8-9-10-11-12-13-16-24-21(25)18-14-15-19(22)20(23)17-18/h14-15,17H,2-13,16,23H2,1H3,(H,24,25). The number of anilines is 1. The summed E-state index contributed by atoms with van der Waals surface area (Å²) in [6.07, 6.45) is 15.9. The van der Waals surface area contributed by atoms with Gasteiger partial charge in [-0.25, -0.2) is 0 Å². The zero-order valence-electron chi connectivity index (χ0n) is 15.8. The summed E-state index contributed by atoms with van der Waals surface area (Å²) in [4.78, 5) is 12.0. The van der Waals surface area contributed by atoms with Crippen LogP contribution in [0.2, 0.25) is 5.02 Å². The summed E-state index contributed by atoms with van der Waals surface area (Å²) < 4.78 is 0. The van der Waals surface area contributed by atoms with Crippen LogP contribution in [-0.2, 0) is 0 Å². The van der Waals surface area contributed by atoms with E-state index in [1.807, 2.05) is 0 Å². The van der Waals surface area contributed by atoms with Crippen LogP contribution >= 0.6 is 11.6 Å². The Morgan fingerprint density at radius 2 is 1.44 bits per heavy atom. The Balaban J connectivity index is 1.93. The normalized spacial score (nSPS) is 10.8. The molecule has 0 saturated carbocycles. The van der Waals surface area contributed by atoms with E-state index in [1.54, 1.807) is 18.2 Å². The van der Waals surface area contributed by atoms with E-state index in [4.69, 9.17) is 17.3 Å². The minimum atomic E-state index is -0.0774. The van der Waals surface area contributed by atoms with Gasteiger partial charge in [-0.1, -0.05) is 89.2 Å². The first-order valence-electron chi connectivity index (χ1n) is 9.98.